The molecule has 1 rings (SSSR count). The molecule has 0 aromatic carbocycles. The van der Waals surface area contributed by atoms with Crippen LogP contribution in [-0.2, 0) is 0 Å². The lowest BCUT2D eigenvalue weighted by Gasteiger charge is -2.38. The lowest BCUT2D eigenvalue weighted by molar-refractivity contribution is 0.134. The number of aliphatic hydroxyl groups is 1. The maximum absolute atomic E-state index is 8.82. The molecule has 2 unspecified atom stereocenters. The van der Waals surface area contributed by atoms with Crippen molar-refractivity contribution in [2.45, 2.75) is 52.0 Å². The van der Waals surface area contributed by atoms with E-state index in [0.29, 0.717) is 12.6 Å². The van der Waals surface area contributed by atoms with E-state index in [1.807, 2.05) is 0 Å². The van der Waals surface area contributed by atoms with E-state index < -0.39 is 0 Å². The van der Waals surface area contributed by atoms with E-state index in [-0.39, 0.29) is 0 Å². The lowest BCUT2D eigenvalue weighted by atomic mass is 9.90. The number of piperidine rings is 1. The molecule has 0 bridgehead atoms. The second-order valence-electron chi connectivity index (χ2n) is 5.38. The molecule has 1 heterocycles. The average Bonchev–Trinajstić information content (AvgIpc) is 2.30. The van der Waals surface area contributed by atoms with Gasteiger partial charge in [-0.05, 0) is 44.7 Å². The minimum absolute atomic E-state index is 0.302. The van der Waals surface area contributed by atoms with Crippen molar-refractivity contribution in [3.8, 4) is 0 Å². The van der Waals surface area contributed by atoms with Gasteiger partial charge in [0.15, 0.2) is 0 Å². The van der Waals surface area contributed by atoms with Gasteiger partial charge in [-0.2, -0.15) is 0 Å². The zero-order valence-electron chi connectivity index (χ0n) is 11.6. The Labute approximate surface area is 107 Å². The Morgan fingerprint density at radius 3 is 2.71 bits per heavy atom. The molecule has 102 valence electrons. The molecule has 0 aromatic rings. The van der Waals surface area contributed by atoms with Crippen LogP contribution >= 0.6 is 0 Å². The van der Waals surface area contributed by atoms with Gasteiger partial charge in [0, 0.05) is 25.7 Å². The van der Waals surface area contributed by atoms with Gasteiger partial charge in [-0.25, -0.2) is 0 Å². The van der Waals surface area contributed by atoms with Crippen molar-refractivity contribution >= 4 is 0 Å². The first-order valence-electron chi connectivity index (χ1n) is 7.36. The van der Waals surface area contributed by atoms with E-state index in [0.717, 1.165) is 18.9 Å². The van der Waals surface area contributed by atoms with Gasteiger partial charge < -0.3 is 15.3 Å². The van der Waals surface area contributed by atoms with Crippen LogP contribution in [0.15, 0.2) is 0 Å². The highest BCUT2D eigenvalue weighted by Gasteiger charge is 2.25. The maximum Gasteiger partial charge on any atom is 0.0443 e. The Morgan fingerprint density at radius 2 is 2.06 bits per heavy atom. The fraction of sp³-hybridized carbons (Fsp3) is 1.00. The van der Waals surface area contributed by atoms with Crippen LogP contribution < -0.4 is 5.32 Å². The number of nitrogens with zero attached hydrogens (tertiary/aromatic N) is 1. The van der Waals surface area contributed by atoms with Gasteiger partial charge in [-0.1, -0.05) is 20.3 Å². The first kappa shape index (κ1) is 14.9. The molecule has 3 nitrogen and oxygen atoms in total. The number of hydrogen-bond donors (Lipinski definition) is 2. The third kappa shape index (κ3) is 5.84. The SMILES string of the molecule is CCCC1CC(NCCCO)CN(CCC)C1. The number of rotatable bonds is 8. The molecule has 1 fully saturated rings. The lowest BCUT2D eigenvalue weighted by Crippen LogP contribution is -2.49. The van der Waals surface area contributed by atoms with Crippen LogP contribution in [0.4, 0.5) is 0 Å². The summed E-state index contributed by atoms with van der Waals surface area (Å²) in [5, 5.41) is 12.4. The zero-order valence-corrected chi connectivity index (χ0v) is 11.6. The predicted octanol–water partition coefficient (Wildman–Crippen LogP) is 1.86. The Kier molecular flexibility index (Phi) is 7.82. The highest BCUT2D eigenvalue weighted by atomic mass is 16.3. The van der Waals surface area contributed by atoms with Gasteiger partial charge in [-0.15, -0.1) is 0 Å². The van der Waals surface area contributed by atoms with Gasteiger partial charge in [0.1, 0.15) is 0 Å². The number of aliphatic hydroxyl groups excluding tert-OH is 1. The summed E-state index contributed by atoms with van der Waals surface area (Å²) in [5.74, 6) is 0.868. The first-order valence-corrected chi connectivity index (χ1v) is 7.36. The fourth-order valence-electron chi connectivity index (χ4n) is 2.95. The second kappa shape index (κ2) is 8.90. The molecular formula is C14H30N2O. The molecule has 1 aliphatic rings. The van der Waals surface area contributed by atoms with Crippen molar-refractivity contribution in [3.05, 3.63) is 0 Å². The van der Waals surface area contributed by atoms with E-state index in [4.69, 9.17) is 5.11 Å². The van der Waals surface area contributed by atoms with Crippen LogP contribution in [0.5, 0.6) is 0 Å². The quantitative estimate of drug-likeness (QED) is 0.638. The standard InChI is InChI=1S/C14H30N2O/c1-3-6-13-10-14(15-7-5-9-17)12-16(11-13)8-4-2/h13-15,17H,3-12H2,1-2H3. The molecule has 0 aromatic heterocycles. The summed E-state index contributed by atoms with van der Waals surface area (Å²) in [7, 11) is 0. The highest BCUT2D eigenvalue weighted by Crippen LogP contribution is 2.21. The van der Waals surface area contributed by atoms with Crippen molar-refractivity contribution < 1.29 is 5.11 Å². The van der Waals surface area contributed by atoms with Crippen LogP contribution in [0.3, 0.4) is 0 Å². The van der Waals surface area contributed by atoms with Crippen LogP contribution in [-0.4, -0.2) is 48.8 Å². The van der Waals surface area contributed by atoms with Crippen molar-refractivity contribution in [1.82, 2.24) is 10.2 Å². The van der Waals surface area contributed by atoms with Gasteiger partial charge >= 0.3 is 0 Å². The van der Waals surface area contributed by atoms with E-state index in [1.165, 1.54) is 45.3 Å². The molecule has 0 aliphatic carbocycles. The molecule has 17 heavy (non-hydrogen) atoms. The van der Waals surface area contributed by atoms with Crippen molar-refractivity contribution in [2.75, 3.05) is 32.8 Å². The molecule has 0 amide bonds. The molecule has 1 saturated heterocycles. The Balaban J connectivity index is 2.35. The molecule has 2 atom stereocenters. The van der Waals surface area contributed by atoms with E-state index >= 15 is 0 Å². The molecule has 3 heteroatoms. The first-order chi connectivity index (χ1) is 8.30. The summed E-state index contributed by atoms with van der Waals surface area (Å²) >= 11 is 0. The van der Waals surface area contributed by atoms with Gasteiger partial charge in [0.2, 0.25) is 0 Å². The van der Waals surface area contributed by atoms with Gasteiger partial charge in [0.25, 0.3) is 0 Å². The zero-order chi connectivity index (χ0) is 12.5. The predicted molar refractivity (Wildman–Crippen MR) is 73.2 cm³/mol. The number of likely N-dealkylation sites (tertiary alicyclic amines) is 1. The average molecular weight is 242 g/mol. The molecule has 1 aliphatic heterocycles. The van der Waals surface area contributed by atoms with E-state index in [1.54, 1.807) is 0 Å². The Hall–Kier alpha value is -0.120. The van der Waals surface area contributed by atoms with Crippen molar-refractivity contribution in [2.24, 2.45) is 5.92 Å². The fourth-order valence-corrected chi connectivity index (χ4v) is 2.95. The summed E-state index contributed by atoms with van der Waals surface area (Å²) in [5.41, 5.74) is 0. The third-order valence-corrected chi connectivity index (χ3v) is 3.62. The third-order valence-electron chi connectivity index (χ3n) is 3.62. The Bertz CT molecular complexity index is 173. The summed E-state index contributed by atoms with van der Waals surface area (Å²) in [6, 6.07) is 0.637. The molecule has 0 spiro atoms. The van der Waals surface area contributed by atoms with Gasteiger partial charge in [-0.3, -0.25) is 0 Å². The van der Waals surface area contributed by atoms with E-state index in [9.17, 15) is 0 Å². The largest absolute Gasteiger partial charge is 0.396 e. The molecule has 2 N–H and O–H groups in total. The van der Waals surface area contributed by atoms with Crippen LogP contribution in [0, 0.1) is 5.92 Å². The monoisotopic (exact) mass is 242 g/mol. The van der Waals surface area contributed by atoms with Crippen molar-refractivity contribution in [1.29, 1.82) is 0 Å². The van der Waals surface area contributed by atoms with Crippen LogP contribution in [0.2, 0.25) is 0 Å². The number of nitrogens with one attached hydrogen (secondary N) is 1. The van der Waals surface area contributed by atoms with Gasteiger partial charge in [0.05, 0.1) is 0 Å². The van der Waals surface area contributed by atoms with Crippen molar-refractivity contribution in [3.63, 3.8) is 0 Å². The minimum Gasteiger partial charge on any atom is -0.396 e. The van der Waals surface area contributed by atoms with E-state index in [2.05, 4.69) is 24.1 Å². The molecule has 0 saturated carbocycles. The molecule has 0 radical (unpaired) electrons. The summed E-state index contributed by atoms with van der Waals surface area (Å²) in [6.45, 7) is 9.53. The smallest absolute Gasteiger partial charge is 0.0443 e. The minimum atomic E-state index is 0.302. The normalized spacial score (nSPS) is 26.3. The topological polar surface area (TPSA) is 35.5 Å². The Morgan fingerprint density at radius 1 is 1.24 bits per heavy atom. The van der Waals surface area contributed by atoms with Crippen LogP contribution in [0.25, 0.3) is 0 Å². The maximum atomic E-state index is 8.82. The van der Waals surface area contributed by atoms with Crippen LogP contribution in [0.1, 0.15) is 46.0 Å². The second-order valence-corrected chi connectivity index (χ2v) is 5.38. The summed E-state index contributed by atoms with van der Waals surface area (Å²) in [4.78, 5) is 2.61. The number of hydrogen-bond acceptors (Lipinski definition) is 3. The molecular weight excluding hydrogens is 212 g/mol. The highest BCUT2D eigenvalue weighted by molar-refractivity contribution is 4.83. The summed E-state index contributed by atoms with van der Waals surface area (Å²) < 4.78 is 0. The summed E-state index contributed by atoms with van der Waals surface area (Å²) in [6.07, 6.45) is 6.11.